The summed E-state index contributed by atoms with van der Waals surface area (Å²) in [6, 6.07) is 19.1. The first kappa shape index (κ1) is 43.6. The molecule has 0 radical (unpaired) electrons. The number of nitrogens with zero attached hydrogens (tertiary/aromatic N) is 6. The fourth-order valence-corrected chi connectivity index (χ4v) is 8.78. The van der Waals surface area contributed by atoms with Gasteiger partial charge in [-0.1, -0.05) is 12.1 Å². The maximum absolute atomic E-state index is 16.4. The minimum Gasteiger partial charge on any atom is -0.444 e. The van der Waals surface area contributed by atoms with Crippen LogP contribution in [0.5, 0.6) is 0 Å². The summed E-state index contributed by atoms with van der Waals surface area (Å²) in [7, 11) is 0. The number of carbonyl (C=O) groups excluding carboxylic acids is 2. The van der Waals surface area contributed by atoms with Gasteiger partial charge in [0.25, 0.3) is 0 Å². The number of amides is 2. The summed E-state index contributed by atoms with van der Waals surface area (Å²) >= 11 is 0. The van der Waals surface area contributed by atoms with Gasteiger partial charge in [0.05, 0.1) is 29.6 Å². The quantitative estimate of drug-likeness (QED) is 0.125. The summed E-state index contributed by atoms with van der Waals surface area (Å²) in [6.07, 6.45) is 9.62. The standard InChI is InChI=1S/C49H59FN8O5/c1-32-10-15-39(26-52-32)55-20-6-8-40(30-55)57(27-35-18-19-51-33(2)22-35)28-36-29-58(38-16-17-38)44-24-45(43(50)23-42(44)46(36)59)56-21-7-9-41(31-56)62-47(60)53-25-34-11-13-37(14-12-34)54-48(61)63-49(3,4)5/h10-15,18-19,22-24,26,29,38,40-41H,6-9,16-17,20-21,25,27-28,30-31H2,1-5H3,(H,53,60)(H,54,61)/t40-,41?/m0/s1. The molecule has 14 heteroatoms. The Balaban J connectivity index is 0.968. The van der Waals surface area contributed by atoms with Gasteiger partial charge in [0, 0.05) is 91.8 Å². The molecule has 8 rings (SSSR count). The van der Waals surface area contributed by atoms with Crippen molar-refractivity contribution < 1.29 is 23.5 Å². The number of fused-ring (bicyclic) bond motifs is 1. The van der Waals surface area contributed by atoms with E-state index in [-0.39, 0.29) is 24.1 Å². The van der Waals surface area contributed by atoms with Gasteiger partial charge in [-0.2, -0.15) is 0 Å². The van der Waals surface area contributed by atoms with E-state index in [9.17, 15) is 14.4 Å². The van der Waals surface area contributed by atoms with Crippen LogP contribution in [0.4, 0.5) is 31.0 Å². The number of pyridine rings is 3. The van der Waals surface area contributed by atoms with Crippen LogP contribution < -0.4 is 25.9 Å². The molecule has 2 N–H and O–H groups in total. The lowest BCUT2D eigenvalue weighted by molar-refractivity contribution is 0.0635. The predicted octanol–water partition coefficient (Wildman–Crippen LogP) is 8.80. The highest BCUT2D eigenvalue weighted by molar-refractivity contribution is 5.85. The smallest absolute Gasteiger partial charge is 0.412 e. The van der Waals surface area contributed by atoms with Crippen molar-refractivity contribution in [3.05, 3.63) is 123 Å². The SMILES string of the molecule is Cc1ccc(N2CCC[C@H](N(Cc3ccnc(C)c3)Cc3cn(C4CC4)c4cc(N5CCCC(OC(=O)NCc6ccc(NC(=O)OC(C)(C)C)cc6)C5)c(F)cc4c3=O)C2)cn1. The van der Waals surface area contributed by atoms with Crippen molar-refractivity contribution in [1.29, 1.82) is 0 Å². The van der Waals surface area contributed by atoms with Crippen LogP contribution in [0.15, 0.2) is 84.0 Å². The van der Waals surface area contributed by atoms with Crippen molar-refractivity contribution in [3.8, 4) is 0 Å². The van der Waals surface area contributed by atoms with Crippen LogP contribution in [0.1, 0.15) is 93.4 Å². The molecule has 1 aliphatic carbocycles. The van der Waals surface area contributed by atoms with Gasteiger partial charge < -0.3 is 29.2 Å². The maximum atomic E-state index is 16.4. The first-order chi connectivity index (χ1) is 30.2. The van der Waals surface area contributed by atoms with Crippen molar-refractivity contribution in [1.82, 2.24) is 24.8 Å². The molecule has 2 aliphatic heterocycles. The molecule has 1 unspecified atom stereocenters. The number of benzene rings is 2. The Labute approximate surface area is 368 Å². The fraction of sp³-hybridized carbons (Fsp3) is 0.449. The Morgan fingerprint density at radius 1 is 0.857 bits per heavy atom. The van der Waals surface area contributed by atoms with Crippen LogP contribution in [0.2, 0.25) is 0 Å². The van der Waals surface area contributed by atoms with E-state index in [2.05, 4.69) is 47.1 Å². The molecule has 63 heavy (non-hydrogen) atoms. The van der Waals surface area contributed by atoms with Crippen molar-refractivity contribution in [3.63, 3.8) is 0 Å². The monoisotopic (exact) mass is 858 g/mol. The third-order valence-electron chi connectivity index (χ3n) is 12.0. The van der Waals surface area contributed by atoms with Crippen molar-refractivity contribution in [2.75, 3.05) is 41.3 Å². The van der Waals surface area contributed by atoms with Gasteiger partial charge in [0.1, 0.15) is 17.5 Å². The van der Waals surface area contributed by atoms with E-state index in [1.54, 1.807) is 45.0 Å². The topological polar surface area (TPSA) is 134 Å². The first-order valence-corrected chi connectivity index (χ1v) is 22.2. The van der Waals surface area contributed by atoms with Crippen LogP contribution >= 0.6 is 0 Å². The highest BCUT2D eigenvalue weighted by atomic mass is 19.1. The molecule has 5 heterocycles. The van der Waals surface area contributed by atoms with E-state index >= 15 is 4.39 Å². The number of carbonyl (C=O) groups is 2. The summed E-state index contributed by atoms with van der Waals surface area (Å²) in [4.78, 5) is 55.3. The average molecular weight is 859 g/mol. The molecular formula is C49H59FN8O5. The second kappa shape index (κ2) is 18.8. The molecule has 2 saturated heterocycles. The summed E-state index contributed by atoms with van der Waals surface area (Å²) in [5.41, 5.74) is 6.59. The number of rotatable bonds is 12. The highest BCUT2D eigenvalue weighted by Gasteiger charge is 2.31. The number of hydrogen-bond acceptors (Lipinski definition) is 10. The molecule has 3 aromatic heterocycles. The molecule has 2 atom stereocenters. The molecule has 0 bridgehead atoms. The van der Waals surface area contributed by atoms with E-state index in [1.807, 2.05) is 55.5 Å². The normalized spacial score (nSPS) is 18.1. The Kier molecular flexibility index (Phi) is 13.0. The Bertz CT molecular complexity index is 2480. The van der Waals surface area contributed by atoms with Gasteiger partial charge in [0.15, 0.2) is 5.43 Å². The first-order valence-electron chi connectivity index (χ1n) is 22.2. The lowest BCUT2D eigenvalue weighted by Crippen LogP contribution is -2.48. The minimum atomic E-state index is -0.608. The molecule has 3 aliphatic rings. The largest absolute Gasteiger partial charge is 0.444 e. The summed E-state index contributed by atoms with van der Waals surface area (Å²) in [6.45, 7) is 13.4. The number of ether oxygens (including phenoxy) is 2. The molecule has 13 nitrogen and oxygen atoms in total. The summed E-state index contributed by atoms with van der Waals surface area (Å²) in [5, 5.41) is 5.89. The Morgan fingerprint density at radius 2 is 1.63 bits per heavy atom. The van der Waals surface area contributed by atoms with Crippen molar-refractivity contribution >= 4 is 40.2 Å². The molecule has 332 valence electrons. The van der Waals surface area contributed by atoms with E-state index in [0.29, 0.717) is 61.3 Å². The lowest BCUT2D eigenvalue weighted by Gasteiger charge is -2.40. The van der Waals surface area contributed by atoms with E-state index in [0.717, 1.165) is 72.5 Å². The highest BCUT2D eigenvalue weighted by Crippen LogP contribution is 2.39. The Hall–Kier alpha value is -6.02. The zero-order valence-corrected chi connectivity index (χ0v) is 37.0. The molecular weight excluding hydrogens is 800 g/mol. The number of anilines is 3. The third-order valence-corrected chi connectivity index (χ3v) is 12.0. The molecule has 5 aromatic rings. The van der Waals surface area contributed by atoms with E-state index < -0.39 is 29.7 Å². The van der Waals surface area contributed by atoms with Crippen LogP contribution in [0, 0.1) is 19.7 Å². The van der Waals surface area contributed by atoms with Crippen LogP contribution in [0.3, 0.4) is 0 Å². The number of alkyl carbamates (subject to hydrolysis) is 1. The molecule has 3 fully saturated rings. The van der Waals surface area contributed by atoms with Gasteiger partial charge in [-0.05, 0) is 133 Å². The molecule has 0 spiro atoms. The number of nitrogens with one attached hydrogen (secondary N) is 2. The van der Waals surface area contributed by atoms with Gasteiger partial charge >= 0.3 is 12.2 Å². The maximum Gasteiger partial charge on any atom is 0.412 e. The van der Waals surface area contributed by atoms with Gasteiger partial charge in [-0.3, -0.25) is 25.0 Å². The van der Waals surface area contributed by atoms with Gasteiger partial charge in [0.2, 0.25) is 0 Å². The number of piperidine rings is 2. The molecule has 2 aromatic carbocycles. The predicted molar refractivity (Wildman–Crippen MR) is 244 cm³/mol. The number of halogens is 1. The van der Waals surface area contributed by atoms with Crippen molar-refractivity contribution in [2.45, 2.75) is 117 Å². The number of aryl methyl sites for hydroxylation is 2. The number of aromatic nitrogens is 3. The second-order valence-electron chi connectivity index (χ2n) is 18.3. The van der Waals surface area contributed by atoms with Gasteiger partial charge in [-0.25, -0.2) is 14.0 Å². The zero-order chi connectivity index (χ0) is 44.3. The summed E-state index contributed by atoms with van der Waals surface area (Å²) in [5.74, 6) is -0.465. The van der Waals surface area contributed by atoms with E-state index in [4.69, 9.17) is 9.47 Å². The average Bonchev–Trinajstić information content (AvgIpc) is 4.10. The third kappa shape index (κ3) is 11.1. The lowest BCUT2D eigenvalue weighted by atomic mass is 10.0. The van der Waals surface area contributed by atoms with E-state index in [1.165, 1.54) is 6.07 Å². The second-order valence-corrected chi connectivity index (χ2v) is 18.3. The van der Waals surface area contributed by atoms with Crippen molar-refractivity contribution in [2.24, 2.45) is 0 Å². The Morgan fingerprint density at radius 3 is 2.37 bits per heavy atom. The zero-order valence-electron chi connectivity index (χ0n) is 37.0. The molecule has 1 saturated carbocycles. The molecule has 2 amide bonds. The van der Waals surface area contributed by atoms with Crippen LogP contribution in [-0.2, 0) is 29.1 Å². The fourth-order valence-electron chi connectivity index (χ4n) is 8.78. The number of hydrogen-bond donors (Lipinski definition) is 2. The van der Waals surface area contributed by atoms with Gasteiger partial charge in [-0.15, -0.1) is 0 Å². The minimum absolute atomic E-state index is 0.149. The van der Waals surface area contributed by atoms with Crippen LogP contribution in [0.25, 0.3) is 10.9 Å². The summed E-state index contributed by atoms with van der Waals surface area (Å²) < 4.78 is 29.7. The van der Waals surface area contributed by atoms with Crippen LogP contribution in [-0.4, -0.2) is 75.5 Å².